The van der Waals surface area contributed by atoms with Gasteiger partial charge in [0, 0.05) is 0 Å². The highest BCUT2D eigenvalue weighted by molar-refractivity contribution is 5.83. The number of primary amides is 1. The van der Waals surface area contributed by atoms with Crippen LogP contribution in [-0.2, 0) is 9.59 Å². The molecule has 3 amide bonds. The molecule has 1 aliphatic rings. The van der Waals surface area contributed by atoms with Crippen molar-refractivity contribution in [2.24, 2.45) is 17.4 Å². The van der Waals surface area contributed by atoms with Crippen molar-refractivity contribution in [3.63, 3.8) is 0 Å². The number of rotatable bonds is 10. The molecule has 150 valence electrons. The van der Waals surface area contributed by atoms with E-state index in [1.54, 1.807) is 0 Å². The number of carbonyl (C=O) groups excluding carboxylic acids is 2. The lowest BCUT2D eigenvalue weighted by molar-refractivity contribution is -0.141. The van der Waals surface area contributed by atoms with Crippen LogP contribution in [0.3, 0.4) is 0 Å². The number of aliphatic hydroxyl groups excluding tert-OH is 1. The Balaban J connectivity index is 2.05. The van der Waals surface area contributed by atoms with E-state index in [1.165, 1.54) is 6.92 Å². The van der Waals surface area contributed by atoms with Crippen LogP contribution in [0.15, 0.2) is 4.52 Å². The van der Waals surface area contributed by atoms with Gasteiger partial charge in [-0.3, -0.25) is 4.79 Å². The number of nitrogens with one attached hydrogen (secondary N) is 2. The van der Waals surface area contributed by atoms with Gasteiger partial charge in [-0.25, -0.2) is 9.59 Å². The molecule has 0 bridgehead atoms. The first-order valence-electron chi connectivity index (χ1n) is 8.52. The quantitative estimate of drug-likeness (QED) is 0.289. The number of nitrogens with zero attached hydrogens (tertiary/aromatic N) is 2. The third kappa shape index (κ3) is 6.18. The van der Waals surface area contributed by atoms with Gasteiger partial charge in [-0.2, -0.15) is 4.98 Å². The summed E-state index contributed by atoms with van der Waals surface area (Å²) in [6.45, 7) is 1.21. The summed E-state index contributed by atoms with van der Waals surface area (Å²) in [6.07, 6.45) is 1.25. The number of nitrogens with two attached hydrogens (primary N) is 2. The zero-order chi connectivity index (χ0) is 20.1. The second-order valence-electron chi connectivity index (χ2n) is 6.67. The van der Waals surface area contributed by atoms with Crippen molar-refractivity contribution in [3.8, 4) is 0 Å². The zero-order valence-electron chi connectivity index (χ0n) is 14.8. The molecule has 0 radical (unpaired) electrons. The molecule has 1 fully saturated rings. The Hall–Kier alpha value is -2.73. The van der Waals surface area contributed by atoms with Gasteiger partial charge >= 0.3 is 12.0 Å². The molecule has 2 rings (SSSR count). The number of hydrogen-bond donors (Lipinski definition) is 6. The highest BCUT2D eigenvalue weighted by Crippen LogP contribution is 2.36. The fourth-order valence-corrected chi connectivity index (χ4v) is 2.49. The van der Waals surface area contributed by atoms with Gasteiger partial charge in [0.05, 0.1) is 18.6 Å². The molecule has 0 aliphatic heterocycles. The SMILES string of the molecule is CC(O)C(NC(=O)N[C@@H](CC(N)=O)c1nc([C@H](N)CC2CC2)no1)C(=O)O. The largest absolute Gasteiger partial charge is 0.480 e. The minimum atomic E-state index is -1.54. The van der Waals surface area contributed by atoms with Crippen LogP contribution >= 0.6 is 0 Å². The normalized spacial score (nSPS) is 18.2. The highest BCUT2D eigenvalue weighted by atomic mass is 16.5. The van der Waals surface area contributed by atoms with Gasteiger partial charge < -0.3 is 36.8 Å². The molecule has 27 heavy (non-hydrogen) atoms. The fourth-order valence-electron chi connectivity index (χ4n) is 2.49. The lowest BCUT2D eigenvalue weighted by Crippen LogP contribution is -2.52. The molecular formula is C15H24N6O6. The van der Waals surface area contributed by atoms with Crippen molar-refractivity contribution in [1.29, 1.82) is 0 Å². The topological polar surface area (TPSA) is 207 Å². The predicted molar refractivity (Wildman–Crippen MR) is 89.9 cm³/mol. The number of amides is 3. The number of urea groups is 1. The maximum absolute atomic E-state index is 12.1. The molecule has 2 unspecified atom stereocenters. The van der Waals surface area contributed by atoms with Crippen LogP contribution in [0.1, 0.15) is 56.4 Å². The van der Waals surface area contributed by atoms with Gasteiger partial charge in [0.1, 0.15) is 6.04 Å². The minimum Gasteiger partial charge on any atom is -0.480 e. The molecular weight excluding hydrogens is 360 g/mol. The lowest BCUT2D eigenvalue weighted by Gasteiger charge is -2.19. The summed E-state index contributed by atoms with van der Waals surface area (Å²) >= 11 is 0. The lowest BCUT2D eigenvalue weighted by atomic mass is 10.1. The van der Waals surface area contributed by atoms with Crippen LogP contribution in [0.5, 0.6) is 0 Å². The van der Waals surface area contributed by atoms with Crippen LogP contribution in [0, 0.1) is 5.92 Å². The summed E-state index contributed by atoms with van der Waals surface area (Å²) in [6, 6.07) is -3.98. The molecule has 12 heteroatoms. The van der Waals surface area contributed by atoms with Gasteiger partial charge in [0.2, 0.25) is 11.8 Å². The molecule has 0 aromatic carbocycles. The summed E-state index contributed by atoms with van der Waals surface area (Å²) in [7, 11) is 0. The molecule has 1 aliphatic carbocycles. The van der Waals surface area contributed by atoms with E-state index in [0.717, 1.165) is 12.8 Å². The average Bonchev–Trinajstić information content (AvgIpc) is 3.23. The van der Waals surface area contributed by atoms with Gasteiger partial charge in [-0.1, -0.05) is 18.0 Å². The van der Waals surface area contributed by atoms with E-state index in [2.05, 4.69) is 20.8 Å². The smallest absolute Gasteiger partial charge is 0.328 e. The van der Waals surface area contributed by atoms with Crippen molar-refractivity contribution in [2.45, 2.75) is 56.8 Å². The van der Waals surface area contributed by atoms with Crippen LogP contribution in [0.2, 0.25) is 0 Å². The number of carboxylic acid groups (broad SMARTS) is 1. The van der Waals surface area contributed by atoms with Crippen molar-refractivity contribution < 1.29 is 29.1 Å². The van der Waals surface area contributed by atoms with Crippen LogP contribution < -0.4 is 22.1 Å². The zero-order valence-corrected chi connectivity index (χ0v) is 14.8. The highest BCUT2D eigenvalue weighted by Gasteiger charge is 2.30. The van der Waals surface area contributed by atoms with Gasteiger partial charge in [-0.05, 0) is 19.3 Å². The van der Waals surface area contributed by atoms with E-state index in [1.807, 2.05) is 0 Å². The first-order valence-corrected chi connectivity index (χ1v) is 8.52. The van der Waals surface area contributed by atoms with Crippen LogP contribution in [0.4, 0.5) is 4.79 Å². The Morgan fingerprint density at radius 3 is 2.52 bits per heavy atom. The van der Waals surface area contributed by atoms with E-state index in [4.69, 9.17) is 21.1 Å². The minimum absolute atomic E-state index is 0.0749. The van der Waals surface area contributed by atoms with Crippen LogP contribution in [0.25, 0.3) is 0 Å². The van der Waals surface area contributed by atoms with E-state index in [-0.39, 0.29) is 18.1 Å². The van der Waals surface area contributed by atoms with Gasteiger partial charge in [0.15, 0.2) is 11.9 Å². The maximum atomic E-state index is 12.1. The average molecular weight is 384 g/mol. The monoisotopic (exact) mass is 384 g/mol. The molecule has 0 spiro atoms. The summed E-state index contributed by atoms with van der Waals surface area (Å²) in [5.74, 6) is -1.44. The van der Waals surface area contributed by atoms with Gasteiger partial charge in [0.25, 0.3) is 0 Å². The van der Waals surface area contributed by atoms with Crippen molar-refractivity contribution in [1.82, 2.24) is 20.8 Å². The van der Waals surface area contributed by atoms with Crippen molar-refractivity contribution in [3.05, 3.63) is 11.7 Å². The molecule has 4 atom stereocenters. The first-order chi connectivity index (χ1) is 12.7. The number of carbonyl (C=O) groups is 3. The summed E-state index contributed by atoms with van der Waals surface area (Å²) < 4.78 is 5.09. The first kappa shape index (κ1) is 20.6. The number of aliphatic carboxylic acids is 1. The van der Waals surface area contributed by atoms with Gasteiger partial charge in [-0.15, -0.1) is 0 Å². The third-order valence-corrected chi connectivity index (χ3v) is 4.12. The number of aliphatic hydroxyl groups is 1. The van der Waals surface area contributed by atoms with Crippen molar-refractivity contribution in [2.75, 3.05) is 0 Å². The molecule has 8 N–H and O–H groups in total. The summed E-state index contributed by atoms with van der Waals surface area (Å²) in [5.41, 5.74) is 11.2. The Bertz CT molecular complexity index is 688. The Morgan fingerprint density at radius 2 is 2.00 bits per heavy atom. The predicted octanol–water partition coefficient (Wildman–Crippen LogP) is -1.08. The number of aromatic nitrogens is 2. The van der Waals surface area contributed by atoms with E-state index < -0.39 is 42.1 Å². The number of hydrogen-bond acceptors (Lipinski definition) is 8. The Labute approximate surface area is 154 Å². The number of carboxylic acids is 1. The molecule has 0 saturated heterocycles. The molecule has 1 aromatic rings. The molecule has 1 heterocycles. The van der Waals surface area contributed by atoms with E-state index in [9.17, 15) is 19.5 Å². The summed E-state index contributed by atoms with van der Waals surface area (Å²) in [5, 5.41) is 26.6. The van der Waals surface area contributed by atoms with Crippen molar-refractivity contribution >= 4 is 17.9 Å². The fraction of sp³-hybridized carbons (Fsp3) is 0.667. The second-order valence-corrected chi connectivity index (χ2v) is 6.67. The Kier molecular flexibility index (Phi) is 6.69. The Morgan fingerprint density at radius 1 is 1.33 bits per heavy atom. The molecule has 1 aromatic heterocycles. The standard InChI is InChI=1S/C15H24N6O6/c1-6(22)11(14(24)25)19-15(26)18-9(5-10(17)23)13-20-12(21-27-13)8(16)4-7-2-3-7/h6-9,11,22H,2-5,16H2,1H3,(H2,17,23)(H,24,25)(H2,18,19,26)/t6?,8-,9+,11?/m1/s1. The van der Waals surface area contributed by atoms with E-state index >= 15 is 0 Å². The molecule has 1 saturated carbocycles. The second kappa shape index (κ2) is 8.77. The summed E-state index contributed by atoms with van der Waals surface area (Å²) in [4.78, 5) is 38.5. The maximum Gasteiger partial charge on any atom is 0.328 e. The van der Waals surface area contributed by atoms with Crippen LogP contribution in [-0.4, -0.2) is 50.4 Å². The molecule has 12 nitrogen and oxygen atoms in total. The third-order valence-electron chi connectivity index (χ3n) is 4.12. The van der Waals surface area contributed by atoms with E-state index in [0.29, 0.717) is 12.3 Å².